The molecule has 2 aromatic heterocycles. The lowest BCUT2D eigenvalue weighted by molar-refractivity contribution is 0.648. The molecule has 0 aliphatic rings. The van der Waals surface area contributed by atoms with E-state index in [0.29, 0.717) is 0 Å². The Hall–Kier alpha value is -1.16. The standard InChI is InChI=1S/C11H14N2OS/c1-3-5-13-7-12-10-9(11(13)14)6-8(4-2)15-10/h6-7H,3-5H2,1-2H3. The van der Waals surface area contributed by atoms with Gasteiger partial charge in [0, 0.05) is 11.4 Å². The summed E-state index contributed by atoms with van der Waals surface area (Å²) in [6, 6.07) is 1.97. The molecular formula is C11H14N2OS. The van der Waals surface area contributed by atoms with E-state index in [4.69, 9.17) is 0 Å². The van der Waals surface area contributed by atoms with Gasteiger partial charge in [0.15, 0.2) is 0 Å². The monoisotopic (exact) mass is 222 g/mol. The van der Waals surface area contributed by atoms with Crippen molar-refractivity contribution in [2.45, 2.75) is 33.2 Å². The number of fused-ring (bicyclic) bond motifs is 1. The molecule has 0 amide bonds. The minimum absolute atomic E-state index is 0.0952. The van der Waals surface area contributed by atoms with Crippen LogP contribution in [-0.2, 0) is 13.0 Å². The summed E-state index contributed by atoms with van der Waals surface area (Å²) in [6.07, 6.45) is 3.58. The zero-order valence-electron chi connectivity index (χ0n) is 8.99. The van der Waals surface area contributed by atoms with E-state index in [2.05, 4.69) is 18.8 Å². The fourth-order valence-electron chi connectivity index (χ4n) is 1.58. The maximum Gasteiger partial charge on any atom is 0.262 e. The molecule has 80 valence electrons. The minimum Gasteiger partial charge on any atom is -0.299 e. The molecule has 0 saturated carbocycles. The van der Waals surface area contributed by atoms with Crippen molar-refractivity contribution in [1.82, 2.24) is 9.55 Å². The molecule has 3 nitrogen and oxygen atoms in total. The number of nitrogens with zero attached hydrogens (tertiary/aromatic N) is 2. The highest BCUT2D eigenvalue weighted by atomic mass is 32.1. The third-order valence-electron chi connectivity index (χ3n) is 2.38. The summed E-state index contributed by atoms with van der Waals surface area (Å²) < 4.78 is 1.69. The molecule has 0 aromatic carbocycles. The molecule has 0 saturated heterocycles. The van der Waals surface area contributed by atoms with Gasteiger partial charge >= 0.3 is 0 Å². The summed E-state index contributed by atoms with van der Waals surface area (Å²) in [5.41, 5.74) is 0.0952. The van der Waals surface area contributed by atoms with E-state index >= 15 is 0 Å². The van der Waals surface area contributed by atoms with Crippen molar-refractivity contribution in [3.8, 4) is 0 Å². The molecule has 0 aliphatic carbocycles. The first-order valence-corrected chi connectivity index (χ1v) is 6.05. The number of aromatic nitrogens is 2. The first-order chi connectivity index (χ1) is 7.26. The van der Waals surface area contributed by atoms with Gasteiger partial charge in [-0.3, -0.25) is 9.36 Å². The van der Waals surface area contributed by atoms with Crippen LogP contribution in [0.1, 0.15) is 25.1 Å². The summed E-state index contributed by atoms with van der Waals surface area (Å²) in [5, 5.41) is 0.771. The summed E-state index contributed by atoms with van der Waals surface area (Å²) in [7, 11) is 0. The Bertz CT molecular complexity index is 527. The molecule has 0 unspecified atom stereocenters. The van der Waals surface area contributed by atoms with Crippen molar-refractivity contribution in [1.29, 1.82) is 0 Å². The molecule has 0 fully saturated rings. The largest absolute Gasteiger partial charge is 0.299 e. The molecule has 0 aliphatic heterocycles. The lowest BCUT2D eigenvalue weighted by Gasteiger charge is -2.01. The average Bonchev–Trinajstić information content (AvgIpc) is 2.66. The van der Waals surface area contributed by atoms with Gasteiger partial charge in [-0.05, 0) is 18.9 Å². The Morgan fingerprint density at radius 2 is 2.27 bits per heavy atom. The number of thiophene rings is 1. The molecule has 0 atom stereocenters. The van der Waals surface area contributed by atoms with Gasteiger partial charge in [-0.1, -0.05) is 13.8 Å². The van der Waals surface area contributed by atoms with Crippen LogP contribution in [0.2, 0.25) is 0 Å². The molecule has 2 heterocycles. The Morgan fingerprint density at radius 1 is 1.47 bits per heavy atom. The molecule has 2 rings (SSSR count). The van der Waals surface area contributed by atoms with Crippen molar-refractivity contribution in [3.05, 3.63) is 27.6 Å². The molecule has 15 heavy (non-hydrogen) atoms. The zero-order chi connectivity index (χ0) is 10.8. The average molecular weight is 222 g/mol. The minimum atomic E-state index is 0.0952. The molecule has 0 spiro atoms. The topological polar surface area (TPSA) is 34.9 Å². The van der Waals surface area contributed by atoms with Crippen molar-refractivity contribution in [3.63, 3.8) is 0 Å². The quantitative estimate of drug-likeness (QED) is 0.799. The van der Waals surface area contributed by atoms with Crippen LogP contribution in [0.3, 0.4) is 0 Å². The lowest BCUT2D eigenvalue weighted by atomic mass is 10.3. The van der Waals surface area contributed by atoms with Gasteiger partial charge < -0.3 is 0 Å². The van der Waals surface area contributed by atoms with E-state index in [0.717, 1.165) is 29.6 Å². The Balaban J connectivity index is 2.62. The van der Waals surface area contributed by atoms with Crippen LogP contribution in [0, 0.1) is 0 Å². The number of hydrogen-bond acceptors (Lipinski definition) is 3. The van der Waals surface area contributed by atoms with E-state index in [1.807, 2.05) is 6.07 Å². The van der Waals surface area contributed by atoms with E-state index in [1.165, 1.54) is 4.88 Å². The van der Waals surface area contributed by atoms with Crippen LogP contribution >= 0.6 is 11.3 Å². The second-order valence-corrected chi connectivity index (χ2v) is 4.64. The van der Waals surface area contributed by atoms with Crippen LogP contribution in [-0.4, -0.2) is 9.55 Å². The van der Waals surface area contributed by atoms with Crippen LogP contribution in [0.25, 0.3) is 10.2 Å². The van der Waals surface area contributed by atoms with Gasteiger partial charge in [-0.15, -0.1) is 11.3 Å². The predicted octanol–water partition coefficient (Wildman–Crippen LogP) is 2.43. The van der Waals surface area contributed by atoms with Gasteiger partial charge in [-0.25, -0.2) is 4.98 Å². The summed E-state index contributed by atoms with van der Waals surface area (Å²) >= 11 is 1.61. The third-order valence-corrected chi connectivity index (χ3v) is 3.57. The molecule has 2 aromatic rings. The zero-order valence-corrected chi connectivity index (χ0v) is 9.80. The van der Waals surface area contributed by atoms with Crippen molar-refractivity contribution in [2.75, 3.05) is 0 Å². The molecule has 0 radical (unpaired) electrons. The number of hydrogen-bond donors (Lipinski definition) is 0. The maximum absolute atomic E-state index is 12.0. The van der Waals surface area contributed by atoms with Crippen molar-refractivity contribution < 1.29 is 0 Å². The maximum atomic E-state index is 12.0. The smallest absolute Gasteiger partial charge is 0.262 e. The Labute approximate surface area is 92.4 Å². The second kappa shape index (κ2) is 4.14. The number of aryl methyl sites for hydroxylation is 2. The van der Waals surface area contributed by atoms with Gasteiger partial charge in [0.25, 0.3) is 5.56 Å². The van der Waals surface area contributed by atoms with E-state index < -0.39 is 0 Å². The van der Waals surface area contributed by atoms with Gasteiger partial charge in [-0.2, -0.15) is 0 Å². The summed E-state index contributed by atoms with van der Waals surface area (Å²) in [4.78, 5) is 18.4. The first-order valence-electron chi connectivity index (χ1n) is 5.24. The molecule has 4 heteroatoms. The van der Waals surface area contributed by atoms with Crippen LogP contribution < -0.4 is 5.56 Å². The van der Waals surface area contributed by atoms with E-state index in [9.17, 15) is 4.79 Å². The SMILES string of the molecule is CCCn1cnc2sc(CC)cc2c1=O. The fraction of sp³-hybridized carbons (Fsp3) is 0.455. The van der Waals surface area contributed by atoms with Gasteiger partial charge in [0.05, 0.1) is 11.7 Å². The van der Waals surface area contributed by atoms with E-state index in [-0.39, 0.29) is 5.56 Å². The van der Waals surface area contributed by atoms with Gasteiger partial charge in [0.1, 0.15) is 4.83 Å². The van der Waals surface area contributed by atoms with Crippen LogP contribution in [0.5, 0.6) is 0 Å². The highest BCUT2D eigenvalue weighted by Crippen LogP contribution is 2.20. The predicted molar refractivity (Wildman–Crippen MR) is 63.5 cm³/mol. The van der Waals surface area contributed by atoms with Gasteiger partial charge in [0.2, 0.25) is 0 Å². The second-order valence-electron chi connectivity index (χ2n) is 3.53. The van der Waals surface area contributed by atoms with Crippen LogP contribution in [0.4, 0.5) is 0 Å². The number of rotatable bonds is 3. The molecule has 0 N–H and O–H groups in total. The first kappa shape index (κ1) is 10.4. The summed E-state index contributed by atoms with van der Waals surface area (Å²) in [6.45, 7) is 4.90. The molecule has 0 bridgehead atoms. The normalized spacial score (nSPS) is 11.1. The third kappa shape index (κ3) is 1.81. The van der Waals surface area contributed by atoms with Crippen LogP contribution in [0.15, 0.2) is 17.2 Å². The van der Waals surface area contributed by atoms with E-state index in [1.54, 1.807) is 22.2 Å². The van der Waals surface area contributed by atoms with Crippen molar-refractivity contribution in [2.24, 2.45) is 0 Å². The highest BCUT2D eigenvalue weighted by molar-refractivity contribution is 7.18. The summed E-state index contributed by atoms with van der Waals surface area (Å²) in [5.74, 6) is 0. The lowest BCUT2D eigenvalue weighted by Crippen LogP contribution is -2.19. The Kier molecular flexibility index (Phi) is 2.86. The Morgan fingerprint density at radius 3 is 2.93 bits per heavy atom. The van der Waals surface area contributed by atoms with Crippen molar-refractivity contribution >= 4 is 21.6 Å². The fourth-order valence-corrected chi connectivity index (χ4v) is 2.51. The molecular weight excluding hydrogens is 208 g/mol. The highest BCUT2D eigenvalue weighted by Gasteiger charge is 2.07.